The van der Waals surface area contributed by atoms with Crippen molar-refractivity contribution in [3.05, 3.63) is 34.9 Å². The Hall–Kier alpha value is -2.46. The lowest BCUT2D eigenvalue weighted by molar-refractivity contribution is -0.224. The molecule has 3 heterocycles. The maximum atomic E-state index is 13.2. The summed E-state index contributed by atoms with van der Waals surface area (Å²) in [5, 5.41) is 2.28. The van der Waals surface area contributed by atoms with Crippen LogP contribution in [-0.4, -0.2) is 58.4 Å². The fourth-order valence-corrected chi connectivity index (χ4v) is 5.70. The molecule has 2 saturated heterocycles. The fraction of sp³-hybridized carbons (Fsp3) is 0.571. The van der Waals surface area contributed by atoms with Gasteiger partial charge in [0.2, 0.25) is 11.8 Å². The molecular weight excluding hydrogens is 413 g/mol. The minimum absolute atomic E-state index is 0.0493. The van der Waals surface area contributed by atoms with Gasteiger partial charge in [-0.05, 0) is 30.0 Å². The topological polar surface area (TPSA) is 95.7 Å². The Balaban J connectivity index is 1.33. The van der Waals surface area contributed by atoms with Crippen molar-refractivity contribution in [2.45, 2.75) is 50.1 Å². The number of alkyl halides is 3. The molecule has 1 aliphatic carbocycles. The number of rotatable bonds is 3. The van der Waals surface area contributed by atoms with Gasteiger partial charge in [-0.3, -0.25) is 24.6 Å². The highest BCUT2D eigenvalue weighted by Gasteiger charge is 2.64. The SMILES string of the molecule is N[C@]12C[C@H](C(F)(F)F)[C@H]1CN(Cc1cccc3c1CN(C1CCC(=O)NC1=O)C3=O)C2. The Bertz CT molecular complexity index is 981. The largest absolute Gasteiger partial charge is 0.392 e. The van der Waals surface area contributed by atoms with Crippen molar-refractivity contribution >= 4 is 17.7 Å². The monoisotopic (exact) mass is 436 g/mol. The van der Waals surface area contributed by atoms with E-state index < -0.39 is 35.5 Å². The average molecular weight is 436 g/mol. The number of hydrogen-bond acceptors (Lipinski definition) is 5. The molecule has 3 fully saturated rings. The summed E-state index contributed by atoms with van der Waals surface area (Å²) in [5.74, 6) is -3.04. The minimum atomic E-state index is -4.23. The van der Waals surface area contributed by atoms with Crippen molar-refractivity contribution in [2.75, 3.05) is 13.1 Å². The fourth-order valence-electron chi connectivity index (χ4n) is 5.70. The number of carbonyl (C=O) groups is 3. The van der Waals surface area contributed by atoms with Gasteiger partial charge in [-0.15, -0.1) is 0 Å². The van der Waals surface area contributed by atoms with E-state index in [9.17, 15) is 27.6 Å². The number of imide groups is 1. The number of nitrogens with one attached hydrogen (secondary N) is 1. The normalized spacial score (nSPS) is 33.2. The van der Waals surface area contributed by atoms with E-state index in [-0.39, 0.29) is 44.2 Å². The number of halogens is 3. The first-order chi connectivity index (χ1) is 14.6. The van der Waals surface area contributed by atoms with Crippen LogP contribution in [0.4, 0.5) is 13.2 Å². The maximum absolute atomic E-state index is 13.2. The number of nitrogens with zero attached hydrogens (tertiary/aromatic N) is 2. The quantitative estimate of drug-likeness (QED) is 0.694. The third-order valence-electron chi connectivity index (χ3n) is 7.29. The van der Waals surface area contributed by atoms with Crippen molar-refractivity contribution in [1.82, 2.24) is 15.1 Å². The van der Waals surface area contributed by atoms with Crippen LogP contribution in [0, 0.1) is 11.8 Å². The average Bonchev–Trinajstić information content (AvgIpc) is 3.12. The summed E-state index contributed by atoms with van der Waals surface area (Å²) in [6, 6.07) is 4.62. The van der Waals surface area contributed by atoms with Crippen LogP contribution in [-0.2, 0) is 22.7 Å². The van der Waals surface area contributed by atoms with E-state index in [2.05, 4.69) is 5.32 Å². The van der Waals surface area contributed by atoms with E-state index >= 15 is 0 Å². The van der Waals surface area contributed by atoms with Gasteiger partial charge in [-0.1, -0.05) is 12.1 Å². The van der Waals surface area contributed by atoms with Crippen molar-refractivity contribution in [3.8, 4) is 0 Å². The molecule has 31 heavy (non-hydrogen) atoms. The smallest absolute Gasteiger partial charge is 0.324 e. The Morgan fingerprint density at radius 3 is 2.71 bits per heavy atom. The Morgan fingerprint density at radius 2 is 2.00 bits per heavy atom. The first kappa shape index (κ1) is 20.4. The first-order valence-electron chi connectivity index (χ1n) is 10.4. The van der Waals surface area contributed by atoms with Crippen LogP contribution < -0.4 is 11.1 Å². The maximum Gasteiger partial charge on any atom is 0.392 e. The number of likely N-dealkylation sites (tertiary alicyclic amines) is 1. The van der Waals surface area contributed by atoms with Crippen LogP contribution in [0.5, 0.6) is 0 Å². The lowest BCUT2D eigenvalue weighted by atomic mass is 9.61. The van der Waals surface area contributed by atoms with Crippen LogP contribution in [0.1, 0.15) is 40.7 Å². The first-order valence-corrected chi connectivity index (χ1v) is 10.4. The molecule has 3 N–H and O–H groups in total. The third-order valence-corrected chi connectivity index (χ3v) is 7.29. The number of amides is 3. The number of nitrogens with two attached hydrogens (primary N) is 1. The van der Waals surface area contributed by atoms with Gasteiger partial charge in [-0.25, -0.2) is 0 Å². The van der Waals surface area contributed by atoms with Crippen LogP contribution in [0.3, 0.4) is 0 Å². The van der Waals surface area contributed by atoms with E-state index in [0.717, 1.165) is 11.1 Å². The summed E-state index contributed by atoms with van der Waals surface area (Å²) in [7, 11) is 0. The molecule has 0 bridgehead atoms. The molecule has 4 aliphatic rings. The van der Waals surface area contributed by atoms with Crippen LogP contribution in [0.2, 0.25) is 0 Å². The molecular formula is C21H23F3N4O3. The standard InChI is InChI=1S/C21H23F3N4O3/c22-21(23,24)14-6-20(25)10-27(9-15(14)20)7-11-2-1-3-12-13(11)8-28(19(12)31)16-4-5-17(29)26-18(16)30/h1-3,14-16H,4-10,25H2,(H,26,29,30)/t14-,15+,16?,20-/m0/s1. The molecule has 1 aromatic rings. The number of piperidine rings is 1. The summed E-state index contributed by atoms with van der Waals surface area (Å²) >= 11 is 0. The second kappa shape index (κ2) is 6.77. The number of fused-ring (bicyclic) bond motifs is 2. The predicted octanol–water partition coefficient (Wildman–Crippen LogP) is 1.16. The highest BCUT2D eigenvalue weighted by Crippen LogP contribution is 2.54. The summed E-state index contributed by atoms with van der Waals surface area (Å²) < 4.78 is 39.6. The van der Waals surface area contributed by atoms with Gasteiger partial charge in [0, 0.05) is 49.6 Å². The highest BCUT2D eigenvalue weighted by atomic mass is 19.4. The van der Waals surface area contributed by atoms with Crippen LogP contribution in [0.25, 0.3) is 0 Å². The number of hydrogen-bond donors (Lipinski definition) is 2. The van der Waals surface area contributed by atoms with Gasteiger partial charge in [0.15, 0.2) is 0 Å². The Labute approximate surface area is 176 Å². The summed E-state index contributed by atoms with van der Waals surface area (Å²) in [5.41, 5.74) is 7.57. The molecule has 1 aromatic carbocycles. The van der Waals surface area contributed by atoms with Crippen molar-refractivity contribution < 1.29 is 27.6 Å². The highest BCUT2D eigenvalue weighted by molar-refractivity contribution is 6.05. The minimum Gasteiger partial charge on any atom is -0.324 e. The number of carbonyl (C=O) groups excluding carboxylic acids is 3. The summed E-state index contributed by atoms with van der Waals surface area (Å²) in [6.45, 7) is 1.31. The van der Waals surface area contributed by atoms with E-state index in [4.69, 9.17) is 5.73 Å². The van der Waals surface area contributed by atoms with E-state index in [0.29, 0.717) is 18.7 Å². The molecule has 166 valence electrons. The van der Waals surface area contributed by atoms with Gasteiger partial charge in [0.1, 0.15) is 6.04 Å². The van der Waals surface area contributed by atoms with E-state index in [1.165, 1.54) is 4.90 Å². The van der Waals surface area contributed by atoms with Gasteiger partial charge < -0.3 is 10.6 Å². The molecule has 1 unspecified atom stereocenters. The van der Waals surface area contributed by atoms with Gasteiger partial charge in [0.25, 0.3) is 5.91 Å². The molecule has 3 amide bonds. The van der Waals surface area contributed by atoms with E-state index in [1.807, 2.05) is 11.0 Å². The van der Waals surface area contributed by atoms with Gasteiger partial charge in [0.05, 0.1) is 5.92 Å². The zero-order valence-corrected chi connectivity index (χ0v) is 16.7. The molecule has 7 nitrogen and oxygen atoms in total. The molecule has 1 saturated carbocycles. The molecule has 4 atom stereocenters. The Morgan fingerprint density at radius 1 is 1.23 bits per heavy atom. The molecule has 0 aromatic heterocycles. The zero-order valence-electron chi connectivity index (χ0n) is 16.7. The second-order valence-corrected chi connectivity index (χ2v) is 9.20. The Kier molecular flexibility index (Phi) is 4.46. The van der Waals surface area contributed by atoms with Crippen molar-refractivity contribution in [1.29, 1.82) is 0 Å². The summed E-state index contributed by atoms with van der Waals surface area (Å²) in [4.78, 5) is 40.0. The van der Waals surface area contributed by atoms with Crippen LogP contribution >= 0.6 is 0 Å². The predicted molar refractivity (Wildman–Crippen MR) is 102 cm³/mol. The second-order valence-electron chi connectivity index (χ2n) is 9.20. The van der Waals surface area contributed by atoms with Gasteiger partial charge in [-0.2, -0.15) is 13.2 Å². The van der Waals surface area contributed by atoms with E-state index in [1.54, 1.807) is 12.1 Å². The van der Waals surface area contributed by atoms with Crippen molar-refractivity contribution in [2.24, 2.45) is 17.6 Å². The molecule has 3 aliphatic heterocycles. The molecule has 0 radical (unpaired) electrons. The summed E-state index contributed by atoms with van der Waals surface area (Å²) in [6.07, 6.45) is -3.82. The molecule has 10 heteroatoms. The number of benzene rings is 1. The molecule has 5 rings (SSSR count). The molecule has 0 spiro atoms. The third kappa shape index (κ3) is 3.23. The lowest BCUT2D eigenvalue weighted by Gasteiger charge is -2.48. The van der Waals surface area contributed by atoms with Crippen molar-refractivity contribution in [3.63, 3.8) is 0 Å². The van der Waals surface area contributed by atoms with Gasteiger partial charge >= 0.3 is 6.18 Å². The van der Waals surface area contributed by atoms with Crippen LogP contribution in [0.15, 0.2) is 18.2 Å². The lowest BCUT2D eigenvalue weighted by Crippen LogP contribution is -2.63. The zero-order chi connectivity index (χ0) is 22.1.